The number of hydrogen-bond donors (Lipinski definition) is 3. The Hall–Kier alpha value is -2.70. The van der Waals surface area contributed by atoms with Crippen LogP contribution in [0.2, 0.25) is 0 Å². The van der Waals surface area contributed by atoms with E-state index in [-0.39, 0.29) is 18.9 Å². The number of Topliss-reactive ketones (excluding diaryl/α,β-unsaturated/α-hetero) is 1. The van der Waals surface area contributed by atoms with Crippen molar-refractivity contribution < 1.29 is 24.5 Å². The zero-order valence-corrected chi connectivity index (χ0v) is 14.6. The highest BCUT2D eigenvalue weighted by molar-refractivity contribution is 5.95. The average molecular weight is 357 g/mol. The molecular weight excluding hydrogens is 334 g/mol. The van der Waals surface area contributed by atoms with Crippen LogP contribution in [0.15, 0.2) is 54.6 Å². The number of alkyl carbamates (subject to hydrolysis) is 1. The molecular formula is C20H23NO5. The van der Waals surface area contributed by atoms with Crippen molar-refractivity contribution in [2.45, 2.75) is 32.2 Å². The van der Waals surface area contributed by atoms with Crippen molar-refractivity contribution in [2.75, 3.05) is 6.54 Å². The second kappa shape index (κ2) is 9.70. The molecule has 0 aliphatic heterocycles. The second-order valence-electron chi connectivity index (χ2n) is 5.86. The van der Waals surface area contributed by atoms with Gasteiger partial charge in [-0.2, -0.15) is 0 Å². The molecule has 0 aromatic heterocycles. The largest absolute Gasteiger partial charge is 0.445 e. The SMILES string of the molecule is CCC(=O)c1cccc(C(O)C(O)CNC(=O)OCc2ccccc2)c1. The average Bonchev–Trinajstić information content (AvgIpc) is 2.70. The first kappa shape index (κ1) is 19.6. The summed E-state index contributed by atoms with van der Waals surface area (Å²) < 4.78 is 5.04. The molecule has 1 amide bonds. The van der Waals surface area contributed by atoms with Crippen LogP contribution in [0.3, 0.4) is 0 Å². The molecule has 6 nitrogen and oxygen atoms in total. The van der Waals surface area contributed by atoms with E-state index in [2.05, 4.69) is 5.32 Å². The Kier molecular flexibility index (Phi) is 7.32. The van der Waals surface area contributed by atoms with Crippen molar-refractivity contribution in [3.8, 4) is 0 Å². The number of rotatable bonds is 8. The molecule has 6 heteroatoms. The standard InChI is InChI=1S/C20H23NO5/c1-2-17(22)15-9-6-10-16(11-15)19(24)18(23)12-21-20(25)26-13-14-7-4-3-5-8-14/h3-11,18-19,23-24H,2,12-13H2,1H3,(H,21,25). The van der Waals surface area contributed by atoms with Gasteiger partial charge in [0.1, 0.15) is 18.8 Å². The van der Waals surface area contributed by atoms with Gasteiger partial charge in [0, 0.05) is 18.5 Å². The molecule has 26 heavy (non-hydrogen) atoms. The van der Waals surface area contributed by atoms with E-state index in [1.54, 1.807) is 31.2 Å². The summed E-state index contributed by atoms with van der Waals surface area (Å²) in [4.78, 5) is 23.4. The molecule has 0 spiro atoms. The summed E-state index contributed by atoms with van der Waals surface area (Å²) in [6.07, 6.45) is -2.79. The van der Waals surface area contributed by atoms with E-state index in [1.807, 2.05) is 30.3 Å². The molecule has 0 aliphatic rings. The highest BCUT2D eigenvalue weighted by Crippen LogP contribution is 2.19. The molecule has 2 rings (SSSR count). The zero-order chi connectivity index (χ0) is 18.9. The van der Waals surface area contributed by atoms with Gasteiger partial charge in [-0.25, -0.2) is 4.79 Å². The summed E-state index contributed by atoms with van der Waals surface area (Å²) in [6.45, 7) is 1.69. The van der Waals surface area contributed by atoms with Crippen molar-refractivity contribution in [3.05, 3.63) is 71.3 Å². The molecule has 2 unspecified atom stereocenters. The van der Waals surface area contributed by atoms with Crippen LogP contribution in [0, 0.1) is 0 Å². The lowest BCUT2D eigenvalue weighted by Gasteiger charge is -2.19. The maximum atomic E-state index is 11.7. The lowest BCUT2D eigenvalue weighted by Crippen LogP contribution is -2.35. The molecule has 3 N–H and O–H groups in total. The number of benzene rings is 2. The number of carbonyl (C=O) groups is 2. The Bertz CT molecular complexity index is 732. The van der Waals surface area contributed by atoms with Crippen LogP contribution in [0.1, 0.15) is 40.9 Å². The van der Waals surface area contributed by atoms with Crippen LogP contribution in [0.25, 0.3) is 0 Å². The summed E-state index contributed by atoms with van der Waals surface area (Å²) in [6, 6.07) is 15.7. The quantitative estimate of drug-likeness (QED) is 0.631. The summed E-state index contributed by atoms with van der Waals surface area (Å²) in [5.74, 6) is -0.0452. The first-order chi connectivity index (χ1) is 12.5. The molecule has 2 aromatic carbocycles. The number of carbonyl (C=O) groups excluding carboxylic acids is 2. The molecule has 138 valence electrons. The molecule has 0 radical (unpaired) electrons. The monoisotopic (exact) mass is 357 g/mol. The van der Waals surface area contributed by atoms with E-state index in [9.17, 15) is 19.8 Å². The van der Waals surface area contributed by atoms with Crippen molar-refractivity contribution >= 4 is 11.9 Å². The zero-order valence-electron chi connectivity index (χ0n) is 14.6. The second-order valence-corrected chi connectivity index (χ2v) is 5.86. The van der Waals surface area contributed by atoms with Gasteiger partial charge >= 0.3 is 6.09 Å². The van der Waals surface area contributed by atoms with Crippen LogP contribution in [-0.2, 0) is 11.3 Å². The third-order valence-corrected chi connectivity index (χ3v) is 3.90. The first-order valence-corrected chi connectivity index (χ1v) is 8.45. The van der Waals surface area contributed by atoms with Crippen LogP contribution in [-0.4, -0.2) is 34.7 Å². The highest BCUT2D eigenvalue weighted by atomic mass is 16.5. The minimum absolute atomic E-state index is 0.0452. The minimum Gasteiger partial charge on any atom is -0.445 e. The van der Waals surface area contributed by atoms with E-state index >= 15 is 0 Å². The van der Waals surface area contributed by atoms with E-state index < -0.39 is 18.3 Å². The number of hydrogen-bond acceptors (Lipinski definition) is 5. The van der Waals surface area contributed by atoms with E-state index in [1.165, 1.54) is 0 Å². The molecule has 0 heterocycles. The summed E-state index contributed by atoms with van der Waals surface area (Å²) >= 11 is 0. The molecule has 0 saturated heterocycles. The van der Waals surface area contributed by atoms with Crippen LogP contribution in [0.4, 0.5) is 4.79 Å². The summed E-state index contributed by atoms with van der Waals surface area (Å²) in [5.41, 5.74) is 1.74. The van der Waals surface area contributed by atoms with Gasteiger partial charge in [-0.15, -0.1) is 0 Å². The molecule has 2 atom stereocenters. The third-order valence-electron chi connectivity index (χ3n) is 3.90. The Morgan fingerprint density at radius 2 is 1.81 bits per heavy atom. The fourth-order valence-corrected chi connectivity index (χ4v) is 2.40. The predicted molar refractivity (Wildman–Crippen MR) is 96.7 cm³/mol. The number of nitrogens with one attached hydrogen (secondary N) is 1. The summed E-state index contributed by atoms with van der Waals surface area (Å²) in [5, 5.41) is 22.7. The van der Waals surface area contributed by atoms with Gasteiger partial charge in [0.15, 0.2) is 5.78 Å². The molecule has 0 saturated carbocycles. The third kappa shape index (κ3) is 5.68. The number of aliphatic hydroxyl groups is 2. The first-order valence-electron chi connectivity index (χ1n) is 8.45. The fraction of sp³-hybridized carbons (Fsp3) is 0.300. The van der Waals surface area contributed by atoms with Crippen LogP contribution < -0.4 is 5.32 Å². The number of amides is 1. The lowest BCUT2D eigenvalue weighted by molar-refractivity contribution is 0.0184. The van der Waals surface area contributed by atoms with Gasteiger partial charge in [0.05, 0.1) is 0 Å². The smallest absolute Gasteiger partial charge is 0.407 e. The normalized spacial score (nSPS) is 12.9. The van der Waals surface area contributed by atoms with Crippen LogP contribution in [0.5, 0.6) is 0 Å². The Morgan fingerprint density at radius 1 is 1.08 bits per heavy atom. The Morgan fingerprint density at radius 3 is 2.50 bits per heavy atom. The van der Waals surface area contributed by atoms with Gasteiger partial charge in [-0.05, 0) is 17.2 Å². The van der Waals surface area contributed by atoms with Gasteiger partial charge < -0.3 is 20.3 Å². The maximum absolute atomic E-state index is 11.7. The molecule has 0 bridgehead atoms. The Labute approximate surface area is 152 Å². The van der Waals surface area contributed by atoms with E-state index in [0.29, 0.717) is 17.5 Å². The summed E-state index contributed by atoms with van der Waals surface area (Å²) in [7, 11) is 0. The maximum Gasteiger partial charge on any atom is 0.407 e. The fourth-order valence-electron chi connectivity index (χ4n) is 2.40. The van der Waals surface area contributed by atoms with Crippen LogP contribution >= 0.6 is 0 Å². The van der Waals surface area contributed by atoms with Crippen molar-refractivity contribution in [1.29, 1.82) is 0 Å². The highest BCUT2D eigenvalue weighted by Gasteiger charge is 2.20. The van der Waals surface area contributed by atoms with Crippen molar-refractivity contribution in [1.82, 2.24) is 5.32 Å². The van der Waals surface area contributed by atoms with Crippen molar-refractivity contribution in [3.63, 3.8) is 0 Å². The molecule has 0 aliphatic carbocycles. The number of ketones is 1. The van der Waals surface area contributed by atoms with Gasteiger partial charge in [-0.3, -0.25) is 4.79 Å². The number of ether oxygens (including phenoxy) is 1. The van der Waals surface area contributed by atoms with Gasteiger partial charge in [0.2, 0.25) is 0 Å². The number of aliphatic hydroxyl groups excluding tert-OH is 2. The minimum atomic E-state index is -1.23. The topological polar surface area (TPSA) is 95.9 Å². The van der Waals surface area contributed by atoms with Gasteiger partial charge in [-0.1, -0.05) is 55.5 Å². The van der Waals surface area contributed by atoms with Gasteiger partial charge in [0.25, 0.3) is 0 Å². The predicted octanol–water partition coefficient (Wildman–Crippen LogP) is 2.60. The van der Waals surface area contributed by atoms with E-state index in [0.717, 1.165) is 5.56 Å². The lowest BCUT2D eigenvalue weighted by atomic mass is 9.99. The Balaban J connectivity index is 1.84. The van der Waals surface area contributed by atoms with E-state index in [4.69, 9.17) is 4.74 Å². The molecule has 2 aromatic rings. The molecule has 0 fully saturated rings. The van der Waals surface area contributed by atoms with Crippen molar-refractivity contribution in [2.24, 2.45) is 0 Å².